The molecule has 2 aliphatic heterocycles. The normalized spacial score (nSPS) is 20.0. The number of fused-ring (bicyclic) bond motifs is 1. The maximum absolute atomic E-state index is 14.5. The number of benzene rings is 1. The number of nitrogens with zero attached hydrogens (tertiary/aromatic N) is 3. The van der Waals surface area contributed by atoms with E-state index in [0.717, 1.165) is 25.2 Å². The van der Waals surface area contributed by atoms with Crippen LogP contribution in [0.5, 0.6) is 0 Å². The molecule has 0 aliphatic carbocycles. The number of hydrogen-bond acceptors (Lipinski definition) is 7. The van der Waals surface area contributed by atoms with Gasteiger partial charge in [-0.05, 0) is 50.1 Å². The fourth-order valence-corrected chi connectivity index (χ4v) is 4.71. The first-order valence-electron chi connectivity index (χ1n) is 10.1. The Labute approximate surface area is 180 Å². The van der Waals surface area contributed by atoms with Crippen LogP contribution in [0.4, 0.5) is 27.4 Å². The summed E-state index contributed by atoms with van der Waals surface area (Å²) in [6.07, 6.45) is 2.62. The lowest BCUT2D eigenvalue weighted by Gasteiger charge is -2.44. The van der Waals surface area contributed by atoms with Gasteiger partial charge in [-0.15, -0.1) is 0 Å². The molecule has 3 heterocycles. The number of ether oxygens (including phenoxy) is 1. The van der Waals surface area contributed by atoms with Crippen molar-refractivity contribution in [3.05, 3.63) is 36.1 Å². The molecule has 8 nitrogen and oxygen atoms in total. The lowest BCUT2D eigenvalue weighted by Crippen LogP contribution is -2.56. The van der Waals surface area contributed by atoms with E-state index >= 15 is 0 Å². The van der Waals surface area contributed by atoms with Crippen LogP contribution in [0.3, 0.4) is 0 Å². The highest BCUT2D eigenvalue weighted by Gasteiger charge is 2.39. The second-order valence-corrected chi connectivity index (χ2v) is 9.92. The molecule has 1 unspecified atom stereocenters. The van der Waals surface area contributed by atoms with Gasteiger partial charge < -0.3 is 19.9 Å². The van der Waals surface area contributed by atoms with Gasteiger partial charge in [0.15, 0.2) is 15.7 Å². The molecule has 1 amide bonds. The molecular formula is C21H25FN4O4S. The van der Waals surface area contributed by atoms with Gasteiger partial charge in [0.2, 0.25) is 5.91 Å². The number of carbonyl (C=O) groups excluding carboxylic acids is 1. The predicted molar refractivity (Wildman–Crippen MR) is 116 cm³/mol. The van der Waals surface area contributed by atoms with Gasteiger partial charge in [-0.25, -0.2) is 17.8 Å². The van der Waals surface area contributed by atoms with Crippen LogP contribution in [-0.4, -0.2) is 57.9 Å². The molecule has 1 aromatic heterocycles. The van der Waals surface area contributed by atoms with Crippen molar-refractivity contribution in [3.8, 4) is 0 Å². The lowest BCUT2D eigenvalue weighted by molar-refractivity contribution is -0.119. The fraction of sp³-hybridized carbons (Fsp3) is 0.429. The molecule has 1 aromatic carbocycles. The van der Waals surface area contributed by atoms with Gasteiger partial charge >= 0.3 is 0 Å². The first-order chi connectivity index (χ1) is 14.7. The molecule has 0 bridgehead atoms. The molecule has 1 fully saturated rings. The lowest BCUT2D eigenvalue weighted by atomic mass is 10.0. The van der Waals surface area contributed by atoms with Crippen LogP contribution in [0, 0.1) is 5.82 Å². The first kappa shape index (κ1) is 21.5. The van der Waals surface area contributed by atoms with E-state index in [1.807, 2.05) is 11.8 Å². The van der Waals surface area contributed by atoms with Crippen molar-refractivity contribution in [2.24, 2.45) is 0 Å². The fourth-order valence-electron chi connectivity index (χ4n) is 4.08. The molecule has 166 valence electrons. The number of amides is 1. The quantitative estimate of drug-likeness (QED) is 0.769. The summed E-state index contributed by atoms with van der Waals surface area (Å²) in [5.41, 5.74) is 0.804. The zero-order chi connectivity index (χ0) is 22.3. The molecule has 1 atom stereocenters. The van der Waals surface area contributed by atoms with Crippen molar-refractivity contribution in [2.45, 2.75) is 36.7 Å². The molecule has 0 radical (unpaired) electrons. The van der Waals surface area contributed by atoms with Crippen LogP contribution in [-0.2, 0) is 19.4 Å². The number of halogens is 1. The Morgan fingerprint density at radius 3 is 2.55 bits per heavy atom. The smallest absolute Gasteiger partial charge is 0.249 e. The molecule has 0 saturated carbocycles. The largest absolute Gasteiger partial charge is 0.381 e. The van der Waals surface area contributed by atoms with Crippen molar-refractivity contribution >= 4 is 38.8 Å². The van der Waals surface area contributed by atoms with Gasteiger partial charge in [0.1, 0.15) is 17.7 Å². The summed E-state index contributed by atoms with van der Waals surface area (Å²) in [6, 6.07) is 6.90. The molecule has 0 spiro atoms. The van der Waals surface area contributed by atoms with E-state index in [1.54, 1.807) is 24.1 Å². The molecule has 31 heavy (non-hydrogen) atoms. The van der Waals surface area contributed by atoms with Crippen molar-refractivity contribution in [3.63, 3.8) is 0 Å². The molecule has 4 rings (SSSR count). The Bertz CT molecular complexity index is 1120. The summed E-state index contributed by atoms with van der Waals surface area (Å²) in [4.78, 5) is 21.0. The van der Waals surface area contributed by atoms with E-state index in [4.69, 9.17) is 9.72 Å². The van der Waals surface area contributed by atoms with Gasteiger partial charge in [-0.3, -0.25) is 4.79 Å². The minimum atomic E-state index is -3.50. The average molecular weight is 449 g/mol. The third kappa shape index (κ3) is 4.09. The van der Waals surface area contributed by atoms with E-state index in [0.29, 0.717) is 30.5 Å². The third-order valence-corrected chi connectivity index (χ3v) is 6.89. The Kier molecular flexibility index (Phi) is 5.61. The molecule has 10 heteroatoms. The number of anilines is 4. The van der Waals surface area contributed by atoms with E-state index in [-0.39, 0.29) is 28.6 Å². The van der Waals surface area contributed by atoms with Crippen LogP contribution in [0.25, 0.3) is 0 Å². The minimum Gasteiger partial charge on any atom is -0.381 e. The number of nitrogens with one attached hydrogen (secondary N) is 1. The van der Waals surface area contributed by atoms with Crippen molar-refractivity contribution < 1.29 is 22.3 Å². The molecular weight excluding hydrogens is 423 g/mol. The number of aromatic nitrogens is 1. The Hall–Kier alpha value is -2.72. The number of rotatable bonds is 4. The third-order valence-electron chi connectivity index (χ3n) is 5.78. The van der Waals surface area contributed by atoms with E-state index in [9.17, 15) is 17.6 Å². The van der Waals surface area contributed by atoms with E-state index in [2.05, 4.69) is 5.32 Å². The zero-order valence-electron chi connectivity index (χ0n) is 17.6. The number of hydrogen-bond donors (Lipinski definition) is 1. The molecule has 1 N–H and O–H groups in total. The minimum absolute atomic E-state index is 0.0103. The number of sulfone groups is 1. The summed E-state index contributed by atoms with van der Waals surface area (Å²) in [7, 11) is -1.78. The highest BCUT2D eigenvalue weighted by atomic mass is 32.2. The van der Waals surface area contributed by atoms with E-state index in [1.165, 1.54) is 12.1 Å². The highest BCUT2D eigenvalue weighted by molar-refractivity contribution is 7.90. The standard InChI is InChI=1S/C21H25FN4O4S/c1-13-21(27)25(2)18-6-7-19(24-20(18)26(13)14-8-10-30-11-9-14)23-17-5-4-15(12-16(17)22)31(3,28)29/h4-7,12-14H,8-11H2,1-3H3,(H,23,24). The van der Waals surface area contributed by atoms with Gasteiger partial charge in [0, 0.05) is 32.6 Å². The second kappa shape index (κ2) is 8.08. The monoisotopic (exact) mass is 448 g/mol. The topological polar surface area (TPSA) is 91.8 Å². The first-order valence-corrected chi connectivity index (χ1v) is 12.0. The summed E-state index contributed by atoms with van der Waals surface area (Å²) >= 11 is 0. The van der Waals surface area contributed by atoms with Crippen LogP contribution < -0.4 is 15.1 Å². The molecule has 2 aliphatic rings. The van der Waals surface area contributed by atoms with E-state index < -0.39 is 15.7 Å². The van der Waals surface area contributed by atoms with Crippen LogP contribution >= 0.6 is 0 Å². The van der Waals surface area contributed by atoms with Crippen LogP contribution in [0.15, 0.2) is 35.2 Å². The Morgan fingerprint density at radius 1 is 1.19 bits per heavy atom. The maximum Gasteiger partial charge on any atom is 0.249 e. The number of likely N-dealkylation sites (N-methyl/N-ethyl adjacent to an activating group) is 1. The summed E-state index contributed by atoms with van der Waals surface area (Å²) in [6.45, 7) is 3.12. The zero-order valence-corrected chi connectivity index (χ0v) is 18.4. The highest BCUT2D eigenvalue weighted by Crippen LogP contribution is 2.38. The van der Waals surface area contributed by atoms with Crippen LogP contribution in [0.2, 0.25) is 0 Å². The Morgan fingerprint density at radius 2 is 1.90 bits per heavy atom. The van der Waals surface area contributed by atoms with Crippen molar-refractivity contribution in [2.75, 3.05) is 41.6 Å². The summed E-state index contributed by atoms with van der Waals surface area (Å²) in [5.74, 6) is 0.352. The van der Waals surface area contributed by atoms with Crippen molar-refractivity contribution in [1.82, 2.24) is 4.98 Å². The summed E-state index contributed by atoms with van der Waals surface area (Å²) in [5, 5.41) is 2.93. The SMILES string of the molecule is CC1C(=O)N(C)c2ccc(Nc3ccc(S(C)(=O)=O)cc3F)nc2N1C1CCOCC1. The van der Waals surface area contributed by atoms with Gasteiger partial charge in [0.05, 0.1) is 16.3 Å². The Balaban J connectivity index is 1.69. The molecule has 1 saturated heterocycles. The predicted octanol–water partition coefficient (Wildman–Crippen LogP) is 2.72. The number of carbonyl (C=O) groups is 1. The maximum atomic E-state index is 14.5. The summed E-state index contributed by atoms with van der Waals surface area (Å²) < 4.78 is 43.3. The van der Waals surface area contributed by atoms with Crippen LogP contribution in [0.1, 0.15) is 19.8 Å². The van der Waals surface area contributed by atoms with Crippen molar-refractivity contribution in [1.29, 1.82) is 0 Å². The average Bonchev–Trinajstić information content (AvgIpc) is 2.74. The molecule has 2 aromatic rings. The van der Waals surface area contributed by atoms with Gasteiger partial charge in [-0.2, -0.15) is 0 Å². The second-order valence-electron chi connectivity index (χ2n) is 7.90. The van der Waals surface area contributed by atoms with Gasteiger partial charge in [-0.1, -0.05) is 0 Å². The van der Waals surface area contributed by atoms with Gasteiger partial charge in [0.25, 0.3) is 0 Å². The number of pyridine rings is 1.